The second-order valence-electron chi connectivity index (χ2n) is 8.31. The highest BCUT2D eigenvalue weighted by Crippen LogP contribution is 2.43. The van der Waals surface area contributed by atoms with Crippen LogP contribution in [0.4, 0.5) is 0 Å². The molecule has 0 fully saturated rings. The number of pyridine rings is 2. The van der Waals surface area contributed by atoms with E-state index >= 15 is 0 Å². The lowest BCUT2D eigenvalue weighted by Crippen LogP contribution is -2.21. The third kappa shape index (κ3) is 3.28. The smallest absolute Gasteiger partial charge is 0.337 e. The Morgan fingerprint density at radius 3 is 2.75 bits per heavy atom. The lowest BCUT2D eigenvalue weighted by Gasteiger charge is -2.24. The van der Waals surface area contributed by atoms with Crippen molar-refractivity contribution < 1.29 is 19.4 Å². The third-order valence-corrected chi connectivity index (χ3v) is 5.85. The number of aromatic nitrogens is 2. The highest BCUT2D eigenvalue weighted by Gasteiger charge is 2.30. The van der Waals surface area contributed by atoms with Crippen molar-refractivity contribution in [2.75, 3.05) is 6.61 Å². The first-order chi connectivity index (χ1) is 15.5. The summed E-state index contributed by atoms with van der Waals surface area (Å²) in [7, 11) is 0. The zero-order valence-corrected chi connectivity index (χ0v) is 18.3. The maximum atomic E-state index is 12.3. The maximum Gasteiger partial charge on any atom is 0.337 e. The van der Waals surface area contributed by atoms with E-state index in [1.54, 1.807) is 0 Å². The van der Waals surface area contributed by atoms with Gasteiger partial charge in [-0.1, -0.05) is 18.2 Å². The highest BCUT2D eigenvalue weighted by atomic mass is 16.5. The van der Waals surface area contributed by atoms with E-state index in [-0.39, 0.29) is 6.10 Å². The van der Waals surface area contributed by atoms with Crippen molar-refractivity contribution in [1.82, 2.24) is 9.97 Å². The molecule has 0 saturated carbocycles. The summed E-state index contributed by atoms with van der Waals surface area (Å²) in [6.07, 6.45) is 1.21. The SMILES string of the molecule is Cc1nc2ccccc2c(-c2ccc3c4c(ccnc24)CCO3)c1[C@H](OC(C)C)C(=O)O. The number of aryl methyl sites for hydroxylation is 1. The molecule has 1 aliphatic rings. The zero-order chi connectivity index (χ0) is 22.4. The number of hydrogen-bond donors (Lipinski definition) is 1. The van der Waals surface area contributed by atoms with Gasteiger partial charge in [-0.05, 0) is 50.6 Å². The molecule has 1 N–H and O–H groups in total. The van der Waals surface area contributed by atoms with Crippen LogP contribution in [0.1, 0.15) is 36.8 Å². The van der Waals surface area contributed by atoms with Crippen LogP contribution in [0.25, 0.3) is 32.9 Å². The molecule has 0 bridgehead atoms. The largest absolute Gasteiger partial charge is 0.493 e. The Bertz CT molecular complexity index is 1350. The van der Waals surface area contributed by atoms with Crippen LogP contribution >= 0.6 is 0 Å². The second kappa shape index (κ2) is 7.88. The molecule has 4 aromatic rings. The average molecular weight is 428 g/mol. The third-order valence-electron chi connectivity index (χ3n) is 5.85. The number of ether oxygens (including phenoxy) is 2. The van der Waals surface area contributed by atoms with Crippen molar-refractivity contribution in [2.24, 2.45) is 0 Å². The quantitative estimate of drug-likeness (QED) is 0.468. The van der Waals surface area contributed by atoms with Gasteiger partial charge in [-0.3, -0.25) is 9.97 Å². The summed E-state index contributed by atoms with van der Waals surface area (Å²) in [5.41, 5.74) is 5.62. The molecule has 6 nitrogen and oxygen atoms in total. The topological polar surface area (TPSA) is 81.5 Å². The normalized spacial score (nSPS) is 14.0. The monoisotopic (exact) mass is 428 g/mol. The van der Waals surface area contributed by atoms with E-state index in [1.807, 2.05) is 69.4 Å². The number of hydrogen-bond acceptors (Lipinski definition) is 5. The van der Waals surface area contributed by atoms with Crippen molar-refractivity contribution in [3.05, 3.63) is 65.5 Å². The van der Waals surface area contributed by atoms with Gasteiger partial charge < -0.3 is 14.6 Å². The Morgan fingerprint density at radius 2 is 1.97 bits per heavy atom. The molecular formula is C26H24N2O4. The van der Waals surface area contributed by atoms with Gasteiger partial charge in [0.25, 0.3) is 0 Å². The number of fused-ring (bicyclic) bond motifs is 1. The molecule has 0 aliphatic carbocycles. The van der Waals surface area contributed by atoms with E-state index in [0.29, 0.717) is 17.9 Å². The van der Waals surface area contributed by atoms with Crippen LogP contribution in [0.3, 0.4) is 0 Å². The molecule has 6 heteroatoms. The van der Waals surface area contributed by atoms with Crippen LogP contribution in [-0.4, -0.2) is 33.8 Å². The van der Waals surface area contributed by atoms with Crippen LogP contribution in [0, 0.1) is 6.92 Å². The molecule has 0 saturated heterocycles. The Labute approximate surface area is 185 Å². The minimum Gasteiger partial charge on any atom is -0.493 e. The lowest BCUT2D eigenvalue weighted by molar-refractivity contribution is -0.153. The molecular weight excluding hydrogens is 404 g/mol. The minimum atomic E-state index is -1.15. The fourth-order valence-corrected chi connectivity index (χ4v) is 4.59. The van der Waals surface area contributed by atoms with Gasteiger partial charge in [0, 0.05) is 45.8 Å². The Balaban J connectivity index is 1.91. The first-order valence-electron chi connectivity index (χ1n) is 10.8. The fraction of sp³-hybridized carbons (Fsp3) is 0.269. The van der Waals surface area contributed by atoms with Gasteiger partial charge in [0.05, 0.1) is 23.7 Å². The van der Waals surface area contributed by atoms with E-state index in [2.05, 4.69) is 0 Å². The first kappa shape index (κ1) is 20.4. The molecule has 0 unspecified atom stereocenters. The summed E-state index contributed by atoms with van der Waals surface area (Å²) in [5.74, 6) is -0.234. The summed E-state index contributed by atoms with van der Waals surface area (Å²) >= 11 is 0. The van der Waals surface area contributed by atoms with E-state index in [1.165, 1.54) is 5.56 Å². The Morgan fingerprint density at radius 1 is 1.16 bits per heavy atom. The molecule has 1 atom stereocenters. The van der Waals surface area contributed by atoms with Crippen LogP contribution in [0.15, 0.2) is 48.7 Å². The number of nitrogens with zero attached hydrogens (tertiary/aromatic N) is 2. The van der Waals surface area contributed by atoms with Crippen LogP contribution in [0.5, 0.6) is 5.75 Å². The van der Waals surface area contributed by atoms with E-state index in [4.69, 9.17) is 19.4 Å². The summed E-state index contributed by atoms with van der Waals surface area (Å²) in [4.78, 5) is 21.8. The van der Waals surface area contributed by atoms with Gasteiger partial charge in [-0.2, -0.15) is 0 Å². The van der Waals surface area contributed by atoms with Crippen molar-refractivity contribution >= 4 is 27.8 Å². The number of benzene rings is 2. The van der Waals surface area contributed by atoms with Crippen molar-refractivity contribution in [1.29, 1.82) is 0 Å². The molecule has 0 spiro atoms. The zero-order valence-electron chi connectivity index (χ0n) is 18.3. The minimum absolute atomic E-state index is 0.266. The Hall–Kier alpha value is -3.51. The highest BCUT2D eigenvalue weighted by molar-refractivity contribution is 6.07. The van der Waals surface area contributed by atoms with Gasteiger partial charge in [0.2, 0.25) is 0 Å². The van der Waals surface area contributed by atoms with Gasteiger partial charge in [0.1, 0.15) is 5.75 Å². The first-order valence-corrected chi connectivity index (χ1v) is 10.8. The fourth-order valence-electron chi connectivity index (χ4n) is 4.59. The van der Waals surface area contributed by atoms with E-state index in [0.717, 1.165) is 45.1 Å². The summed E-state index contributed by atoms with van der Waals surface area (Å²) in [5, 5.41) is 12.0. The molecule has 2 aromatic carbocycles. The van der Waals surface area contributed by atoms with Gasteiger partial charge in [-0.15, -0.1) is 0 Å². The Kier molecular flexibility index (Phi) is 5.02. The van der Waals surface area contributed by atoms with Crippen molar-refractivity contribution in [3.8, 4) is 16.9 Å². The van der Waals surface area contributed by atoms with E-state index < -0.39 is 12.1 Å². The molecule has 0 radical (unpaired) electrons. The molecule has 2 aromatic heterocycles. The number of para-hydroxylation sites is 1. The molecule has 32 heavy (non-hydrogen) atoms. The average Bonchev–Trinajstić information content (AvgIpc) is 2.77. The van der Waals surface area contributed by atoms with E-state index in [9.17, 15) is 9.90 Å². The second-order valence-corrected chi connectivity index (χ2v) is 8.31. The number of carbonyl (C=O) groups is 1. The number of aliphatic carboxylic acids is 1. The summed E-state index contributed by atoms with van der Waals surface area (Å²) in [6.45, 7) is 6.14. The summed E-state index contributed by atoms with van der Waals surface area (Å²) in [6, 6.07) is 13.7. The standard InChI is InChI=1S/C26H24N2O4/c1-14(2)32-25(26(29)30)21-15(3)28-19-7-5-4-6-17(19)23(21)18-8-9-20-22-16(11-13-31-20)10-12-27-24(18)22/h4-10,12,14,25H,11,13H2,1-3H3,(H,29,30)/t25-/m0/s1. The van der Waals surface area contributed by atoms with Gasteiger partial charge >= 0.3 is 5.97 Å². The molecule has 3 heterocycles. The number of rotatable bonds is 5. The predicted octanol–water partition coefficient (Wildman–Crippen LogP) is 5.24. The molecule has 0 amide bonds. The van der Waals surface area contributed by atoms with Gasteiger partial charge in [-0.25, -0.2) is 4.79 Å². The number of carboxylic acid groups (broad SMARTS) is 1. The van der Waals surface area contributed by atoms with Crippen LogP contribution in [0.2, 0.25) is 0 Å². The van der Waals surface area contributed by atoms with Gasteiger partial charge in [0.15, 0.2) is 6.10 Å². The lowest BCUT2D eigenvalue weighted by atomic mass is 9.88. The molecule has 5 rings (SSSR count). The number of carboxylic acids is 1. The van der Waals surface area contributed by atoms with Crippen LogP contribution in [-0.2, 0) is 16.0 Å². The molecule has 1 aliphatic heterocycles. The van der Waals surface area contributed by atoms with Crippen LogP contribution < -0.4 is 4.74 Å². The van der Waals surface area contributed by atoms with Crippen molar-refractivity contribution in [3.63, 3.8) is 0 Å². The maximum absolute atomic E-state index is 12.3. The van der Waals surface area contributed by atoms with Crippen molar-refractivity contribution in [2.45, 2.75) is 39.4 Å². The molecule has 162 valence electrons. The summed E-state index contributed by atoms with van der Waals surface area (Å²) < 4.78 is 11.8. The predicted molar refractivity (Wildman–Crippen MR) is 123 cm³/mol.